The number of rotatable bonds is 4. The minimum absolute atomic E-state index is 0.0857. The van der Waals surface area contributed by atoms with Gasteiger partial charge in [0.15, 0.2) is 5.72 Å². The number of hydrogen-bond acceptors (Lipinski definition) is 5. The molecule has 15 heavy (non-hydrogen) atoms. The SMILES string of the molecule is CCS(=O)(=O)OC1(N2CCOC2=O)CC1. The van der Waals surface area contributed by atoms with Gasteiger partial charge in [-0.1, -0.05) is 0 Å². The minimum atomic E-state index is -3.52. The van der Waals surface area contributed by atoms with Crippen molar-refractivity contribution in [2.45, 2.75) is 25.5 Å². The number of nitrogens with zero attached hydrogens (tertiary/aromatic N) is 1. The quantitative estimate of drug-likeness (QED) is 0.655. The average molecular weight is 235 g/mol. The molecule has 0 unspecified atom stereocenters. The summed E-state index contributed by atoms with van der Waals surface area (Å²) in [5, 5.41) is 0. The van der Waals surface area contributed by atoms with E-state index in [0.717, 1.165) is 0 Å². The van der Waals surface area contributed by atoms with Crippen molar-refractivity contribution >= 4 is 16.2 Å². The van der Waals surface area contributed by atoms with Crippen molar-refractivity contribution in [1.82, 2.24) is 4.90 Å². The van der Waals surface area contributed by atoms with Gasteiger partial charge in [-0.3, -0.25) is 4.90 Å². The highest BCUT2D eigenvalue weighted by atomic mass is 32.2. The van der Waals surface area contributed by atoms with E-state index in [1.54, 1.807) is 0 Å². The van der Waals surface area contributed by atoms with Crippen LogP contribution in [0.4, 0.5) is 4.79 Å². The molecule has 0 bridgehead atoms. The summed E-state index contributed by atoms with van der Waals surface area (Å²) in [6, 6.07) is 0. The van der Waals surface area contributed by atoms with E-state index in [0.29, 0.717) is 26.0 Å². The van der Waals surface area contributed by atoms with E-state index in [-0.39, 0.29) is 5.75 Å². The zero-order valence-electron chi connectivity index (χ0n) is 8.43. The molecule has 0 spiro atoms. The maximum Gasteiger partial charge on any atom is 0.412 e. The molecule has 1 saturated carbocycles. The number of cyclic esters (lactones) is 1. The summed E-state index contributed by atoms with van der Waals surface area (Å²) in [5.41, 5.74) is -0.942. The smallest absolute Gasteiger partial charge is 0.412 e. The number of ether oxygens (including phenoxy) is 1. The molecule has 0 aromatic heterocycles. The molecule has 2 aliphatic rings. The molecule has 6 nitrogen and oxygen atoms in total. The second kappa shape index (κ2) is 3.34. The van der Waals surface area contributed by atoms with Crippen LogP contribution in [0.25, 0.3) is 0 Å². The molecule has 0 aromatic carbocycles. The lowest BCUT2D eigenvalue weighted by molar-refractivity contribution is 0.0414. The first-order valence-electron chi connectivity index (χ1n) is 4.87. The third kappa shape index (κ3) is 1.93. The van der Waals surface area contributed by atoms with Crippen LogP contribution in [-0.4, -0.2) is 44.0 Å². The largest absolute Gasteiger partial charge is 0.447 e. The van der Waals surface area contributed by atoms with Gasteiger partial charge < -0.3 is 4.74 Å². The summed E-state index contributed by atoms with van der Waals surface area (Å²) in [6.07, 6.45) is 0.627. The van der Waals surface area contributed by atoms with Gasteiger partial charge in [0.2, 0.25) is 0 Å². The van der Waals surface area contributed by atoms with Gasteiger partial charge in [0.05, 0.1) is 12.3 Å². The first-order valence-corrected chi connectivity index (χ1v) is 6.44. The maximum atomic E-state index is 11.3. The summed E-state index contributed by atoms with van der Waals surface area (Å²) in [6.45, 7) is 2.21. The monoisotopic (exact) mass is 235 g/mol. The average Bonchev–Trinajstić information content (AvgIpc) is 2.79. The summed E-state index contributed by atoms with van der Waals surface area (Å²) in [5.74, 6) is -0.0857. The summed E-state index contributed by atoms with van der Waals surface area (Å²) >= 11 is 0. The van der Waals surface area contributed by atoms with Crippen molar-refractivity contribution in [3.05, 3.63) is 0 Å². The Morgan fingerprint density at radius 3 is 2.60 bits per heavy atom. The van der Waals surface area contributed by atoms with E-state index >= 15 is 0 Å². The van der Waals surface area contributed by atoms with Crippen LogP contribution in [0.15, 0.2) is 0 Å². The fourth-order valence-electron chi connectivity index (χ4n) is 1.56. The Morgan fingerprint density at radius 1 is 1.53 bits per heavy atom. The van der Waals surface area contributed by atoms with Crippen LogP contribution >= 0.6 is 0 Å². The second-order valence-electron chi connectivity index (χ2n) is 3.64. The molecule has 1 amide bonds. The van der Waals surface area contributed by atoms with Crippen molar-refractivity contribution in [2.24, 2.45) is 0 Å². The molecule has 7 heteroatoms. The Bertz CT molecular complexity index is 372. The van der Waals surface area contributed by atoms with E-state index in [9.17, 15) is 13.2 Å². The highest BCUT2D eigenvalue weighted by molar-refractivity contribution is 7.86. The second-order valence-corrected chi connectivity index (χ2v) is 5.50. The van der Waals surface area contributed by atoms with Crippen LogP contribution in [0.1, 0.15) is 19.8 Å². The highest BCUT2D eigenvalue weighted by Crippen LogP contribution is 2.45. The molecular weight excluding hydrogens is 222 g/mol. The van der Waals surface area contributed by atoms with E-state index < -0.39 is 21.9 Å². The third-order valence-corrected chi connectivity index (χ3v) is 3.84. The molecule has 1 heterocycles. The molecule has 1 saturated heterocycles. The molecule has 0 atom stereocenters. The van der Waals surface area contributed by atoms with E-state index in [1.807, 2.05) is 0 Å². The summed E-state index contributed by atoms with van der Waals surface area (Å²) < 4.78 is 32.4. The zero-order chi connectivity index (χ0) is 11.1. The number of amides is 1. The first kappa shape index (κ1) is 10.7. The van der Waals surface area contributed by atoms with Gasteiger partial charge in [-0.05, 0) is 6.92 Å². The van der Waals surface area contributed by atoms with Crippen LogP contribution in [0.2, 0.25) is 0 Å². The van der Waals surface area contributed by atoms with Gasteiger partial charge in [0.1, 0.15) is 6.61 Å². The van der Waals surface area contributed by atoms with Crippen molar-refractivity contribution in [3.8, 4) is 0 Å². The third-order valence-electron chi connectivity index (χ3n) is 2.57. The van der Waals surface area contributed by atoms with Crippen LogP contribution in [-0.2, 0) is 19.0 Å². The highest BCUT2D eigenvalue weighted by Gasteiger charge is 2.56. The Kier molecular flexibility index (Phi) is 2.38. The number of carbonyl (C=O) groups excluding carboxylic acids is 1. The standard InChI is InChI=1S/C8H13NO5S/c1-2-15(11,12)14-8(3-4-8)9-5-6-13-7(9)10/h2-6H2,1H3. The molecule has 86 valence electrons. The lowest BCUT2D eigenvalue weighted by Crippen LogP contribution is -2.41. The first-order chi connectivity index (χ1) is 6.99. The lowest BCUT2D eigenvalue weighted by atomic mass is 10.5. The maximum absolute atomic E-state index is 11.3. The van der Waals surface area contributed by atoms with E-state index in [4.69, 9.17) is 8.92 Å². The molecule has 2 rings (SSSR count). The fraction of sp³-hybridized carbons (Fsp3) is 0.875. The van der Waals surface area contributed by atoms with Crippen LogP contribution < -0.4 is 0 Å². The van der Waals surface area contributed by atoms with Crippen LogP contribution in [0, 0.1) is 0 Å². The van der Waals surface area contributed by atoms with Gasteiger partial charge in [0.25, 0.3) is 10.1 Å². The molecule has 0 N–H and O–H groups in total. The molecule has 0 radical (unpaired) electrons. The number of carbonyl (C=O) groups is 1. The Labute approximate surface area is 88.3 Å². The predicted molar refractivity (Wildman–Crippen MR) is 50.6 cm³/mol. The van der Waals surface area contributed by atoms with Crippen molar-refractivity contribution < 1.29 is 22.1 Å². The van der Waals surface area contributed by atoms with Gasteiger partial charge in [-0.2, -0.15) is 8.42 Å². The molecule has 2 fully saturated rings. The van der Waals surface area contributed by atoms with Gasteiger partial charge in [-0.15, -0.1) is 0 Å². The van der Waals surface area contributed by atoms with Gasteiger partial charge in [-0.25, -0.2) is 8.98 Å². The molecule has 0 aromatic rings. The van der Waals surface area contributed by atoms with E-state index in [2.05, 4.69) is 0 Å². The van der Waals surface area contributed by atoms with Gasteiger partial charge >= 0.3 is 6.09 Å². The molecular formula is C8H13NO5S. The van der Waals surface area contributed by atoms with Crippen LogP contribution in [0.5, 0.6) is 0 Å². The van der Waals surface area contributed by atoms with E-state index in [1.165, 1.54) is 11.8 Å². The minimum Gasteiger partial charge on any atom is -0.447 e. The predicted octanol–water partition coefficient (Wildman–Crippen LogP) is 0.295. The molecule has 1 aliphatic carbocycles. The fourth-order valence-corrected chi connectivity index (χ4v) is 2.41. The lowest BCUT2D eigenvalue weighted by Gasteiger charge is -2.24. The van der Waals surface area contributed by atoms with Crippen molar-refractivity contribution in [3.63, 3.8) is 0 Å². The Morgan fingerprint density at radius 2 is 2.20 bits per heavy atom. The summed E-state index contributed by atoms with van der Waals surface area (Å²) in [4.78, 5) is 12.6. The van der Waals surface area contributed by atoms with Gasteiger partial charge in [0, 0.05) is 12.8 Å². The van der Waals surface area contributed by atoms with Crippen molar-refractivity contribution in [1.29, 1.82) is 0 Å². The summed E-state index contributed by atoms with van der Waals surface area (Å²) in [7, 11) is -3.52. The number of hydrogen-bond donors (Lipinski definition) is 0. The molecule has 1 aliphatic heterocycles. The Hall–Kier alpha value is -0.820. The Balaban J connectivity index is 2.11. The van der Waals surface area contributed by atoms with Crippen molar-refractivity contribution in [2.75, 3.05) is 18.9 Å². The zero-order valence-corrected chi connectivity index (χ0v) is 9.25. The van der Waals surface area contributed by atoms with Crippen LogP contribution in [0.3, 0.4) is 0 Å². The topological polar surface area (TPSA) is 72.9 Å². The normalized spacial score (nSPS) is 24.1.